The van der Waals surface area contributed by atoms with Gasteiger partial charge < -0.3 is 23.9 Å². The number of esters is 2. The van der Waals surface area contributed by atoms with Crippen molar-refractivity contribution in [3.05, 3.63) is 59.3 Å². The summed E-state index contributed by atoms with van der Waals surface area (Å²) in [7, 11) is 0. The predicted molar refractivity (Wildman–Crippen MR) is 120 cm³/mol. The van der Waals surface area contributed by atoms with Crippen LogP contribution in [0, 0.1) is 5.92 Å². The second kappa shape index (κ2) is 7.90. The van der Waals surface area contributed by atoms with E-state index in [0.29, 0.717) is 11.1 Å². The first kappa shape index (κ1) is 22.5. The maximum Gasteiger partial charge on any atom is 0.586 e. The van der Waals surface area contributed by atoms with Crippen molar-refractivity contribution in [1.29, 1.82) is 0 Å². The summed E-state index contributed by atoms with van der Waals surface area (Å²) in [5.41, 5.74) is 2.94. The summed E-state index contributed by atoms with van der Waals surface area (Å²) >= 11 is 1.66. The monoisotopic (exact) mass is 489 g/mol. The zero-order chi connectivity index (χ0) is 24.3. The number of ether oxygens (including phenoxy) is 4. The van der Waals surface area contributed by atoms with Gasteiger partial charge in [-0.15, -0.1) is 8.78 Å². The van der Waals surface area contributed by atoms with E-state index in [-0.39, 0.29) is 11.5 Å². The van der Waals surface area contributed by atoms with E-state index in [2.05, 4.69) is 14.5 Å². The van der Waals surface area contributed by atoms with Crippen LogP contribution in [0.3, 0.4) is 0 Å². The predicted octanol–water partition coefficient (Wildman–Crippen LogP) is 4.94. The van der Waals surface area contributed by atoms with Crippen LogP contribution in [0.15, 0.2) is 42.6 Å². The summed E-state index contributed by atoms with van der Waals surface area (Å²) in [6.07, 6.45) is -0.0843. The molecule has 0 aliphatic carbocycles. The summed E-state index contributed by atoms with van der Waals surface area (Å²) in [6, 6.07) is 9.97. The van der Waals surface area contributed by atoms with Gasteiger partial charge in [-0.3, -0.25) is 9.59 Å². The molecule has 1 atom stereocenters. The molecule has 0 radical (unpaired) electrons. The van der Waals surface area contributed by atoms with Gasteiger partial charge >= 0.3 is 18.2 Å². The number of nitrogens with one attached hydrogen (secondary N) is 1. The second-order valence-electron chi connectivity index (χ2n) is 8.59. The average Bonchev–Trinajstić information content (AvgIpc) is 3.29. The van der Waals surface area contributed by atoms with E-state index < -0.39 is 35.9 Å². The first-order valence-corrected chi connectivity index (χ1v) is 11.9. The minimum absolute atomic E-state index is 0.136. The number of carbonyl (C=O) groups excluding carboxylic acids is 2. The molecule has 178 valence electrons. The van der Waals surface area contributed by atoms with Gasteiger partial charge in [0.05, 0.1) is 0 Å². The van der Waals surface area contributed by atoms with Crippen LogP contribution in [0.1, 0.15) is 36.5 Å². The van der Waals surface area contributed by atoms with Crippen molar-refractivity contribution in [3.8, 4) is 11.5 Å². The molecular weight excluding hydrogens is 468 g/mol. The average molecular weight is 489 g/mol. The first-order valence-electron chi connectivity index (χ1n) is 10.5. The van der Waals surface area contributed by atoms with Crippen molar-refractivity contribution in [1.82, 2.24) is 4.98 Å². The van der Waals surface area contributed by atoms with Crippen LogP contribution in [0.25, 0.3) is 10.9 Å². The summed E-state index contributed by atoms with van der Waals surface area (Å²) < 4.78 is 47.2. The third kappa shape index (κ3) is 3.85. The van der Waals surface area contributed by atoms with Gasteiger partial charge in [0.15, 0.2) is 17.4 Å². The zero-order valence-electron chi connectivity index (χ0n) is 18.5. The molecule has 1 unspecified atom stereocenters. The van der Waals surface area contributed by atoms with Crippen LogP contribution in [0.5, 0.6) is 11.5 Å². The highest BCUT2D eigenvalue weighted by Crippen LogP contribution is 2.46. The highest BCUT2D eigenvalue weighted by Gasteiger charge is 2.49. The van der Waals surface area contributed by atoms with Crippen molar-refractivity contribution < 1.29 is 37.3 Å². The molecule has 7 nitrogen and oxygen atoms in total. The number of aromatic nitrogens is 1. The molecule has 2 aliphatic rings. The highest BCUT2D eigenvalue weighted by atomic mass is 32.2. The van der Waals surface area contributed by atoms with Gasteiger partial charge in [0.1, 0.15) is 0 Å². The van der Waals surface area contributed by atoms with Gasteiger partial charge in [-0.05, 0) is 35.1 Å². The molecule has 2 aromatic carbocycles. The minimum atomic E-state index is -3.79. The number of fused-ring (bicyclic) bond motifs is 2. The summed E-state index contributed by atoms with van der Waals surface area (Å²) in [4.78, 5) is 29.4. The largest absolute Gasteiger partial charge is 0.586 e. The molecule has 1 aromatic heterocycles. The Hall–Kier alpha value is -3.27. The van der Waals surface area contributed by atoms with Gasteiger partial charge in [0, 0.05) is 42.6 Å². The quantitative estimate of drug-likeness (QED) is 0.401. The SMILES string of the molecule is CSCc1cccc2c(C(c3ccc4c(c3)OC(F)(F)O4)C3C(=O)OC(C)(C)OC3=O)c[nH]c12. The Morgan fingerprint density at radius 3 is 2.44 bits per heavy atom. The lowest BCUT2D eigenvalue weighted by molar-refractivity contribution is -0.286. The third-order valence-electron chi connectivity index (χ3n) is 5.79. The molecule has 0 saturated carbocycles. The van der Waals surface area contributed by atoms with E-state index in [1.165, 1.54) is 32.0 Å². The molecule has 5 rings (SSSR count). The van der Waals surface area contributed by atoms with E-state index in [1.54, 1.807) is 18.0 Å². The Labute approximate surface area is 197 Å². The molecule has 1 saturated heterocycles. The number of hydrogen-bond donors (Lipinski definition) is 1. The zero-order valence-corrected chi connectivity index (χ0v) is 19.3. The number of benzene rings is 2. The normalized spacial score (nSPS) is 19.7. The van der Waals surface area contributed by atoms with Crippen LogP contribution in [-0.4, -0.2) is 35.3 Å². The van der Waals surface area contributed by atoms with Gasteiger partial charge in [-0.1, -0.05) is 24.3 Å². The molecule has 34 heavy (non-hydrogen) atoms. The lowest BCUT2D eigenvalue weighted by atomic mass is 9.79. The van der Waals surface area contributed by atoms with Crippen molar-refractivity contribution in [3.63, 3.8) is 0 Å². The van der Waals surface area contributed by atoms with Crippen LogP contribution < -0.4 is 9.47 Å². The van der Waals surface area contributed by atoms with Crippen LogP contribution in [-0.2, 0) is 24.8 Å². The highest BCUT2D eigenvalue weighted by molar-refractivity contribution is 7.97. The lowest BCUT2D eigenvalue weighted by Gasteiger charge is -2.36. The molecule has 0 bridgehead atoms. The molecule has 1 N–H and O–H groups in total. The Morgan fingerprint density at radius 1 is 1.03 bits per heavy atom. The maximum atomic E-state index is 13.6. The smallest absolute Gasteiger partial charge is 0.422 e. The topological polar surface area (TPSA) is 86.8 Å². The van der Waals surface area contributed by atoms with Gasteiger partial charge in [0.2, 0.25) is 0 Å². The first-order chi connectivity index (χ1) is 16.1. The standard InChI is InChI=1S/C24H21F2NO6S/c1-23(2)32-21(28)19(22(29)33-23)18(12-7-8-16-17(9-12)31-24(25,26)30-16)15-10-27-20-13(11-34-3)5-4-6-14(15)20/h4-10,18-19,27H,11H2,1-3H3. The number of alkyl halides is 2. The van der Waals surface area contributed by atoms with Crippen LogP contribution >= 0.6 is 11.8 Å². The number of para-hydroxylation sites is 1. The number of H-pyrrole nitrogens is 1. The molecule has 0 spiro atoms. The fourth-order valence-electron chi connectivity index (χ4n) is 4.48. The van der Waals surface area contributed by atoms with Crippen molar-refractivity contribution >= 4 is 34.6 Å². The fourth-order valence-corrected chi connectivity index (χ4v) is 5.03. The second-order valence-corrected chi connectivity index (χ2v) is 9.45. The number of rotatable bonds is 5. The van der Waals surface area contributed by atoms with E-state index in [4.69, 9.17) is 9.47 Å². The van der Waals surface area contributed by atoms with Crippen LogP contribution in [0.2, 0.25) is 0 Å². The maximum absolute atomic E-state index is 13.6. The van der Waals surface area contributed by atoms with Gasteiger partial charge in [-0.2, -0.15) is 11.8 Å². The van der Waals surface area contributed by atoms with Crippen LogP contribution in [0.4, 0.5) is 8.78 Å². The third-order valence-corrected chi connectivity index (χ3v) is 6.39. The number of aromatic amines is 1. The van der Waals surface area contributed by atoms with Crippen molar-refractivity contribution in [2.45, 2.75) is 37.6 Å². The van der Waals surface area contributed by atoms with E-state index in [9.17, 15) is 18.4 Å². The Bertz CT molecular complexity index is 1280. The van der Waals surface area contributed by atoms with Crippen molar-refractivity contribution in [2.75, 3.05) is 6.26 Å². The van der Waals surface area contributed by atoms with E-state index >= 15 is 0 Å². The number of cyclic esters (lactones) is 2. The number of thioether (sulfide) groups is 1. The van der Waals surface area contributed by atoms with Gasteiger partial charge in [-0.25, -0.2) is 0 Å². The summed E-state index contributed by atoms with van der Waals surface area (Å²) in [5, 5.41) is 0.796. The molecule has 2 aliphatic heterocycles. The molecule has 0 amide bonds. The Morgan fingerprint density at radius 2 is 1.74 bits per heavy atom. The van der Waals surface area contributed by atoms with Crippen molar-refractivity contribution in [2.24, 2.45) is 5.92 Å². The molecule has 1 fully saturated rings. The van der Waals surface area contributed by atoms with E-state index in [0.717, 1.165) is 22.2 Å². The fraction of sp³-hybridized carbons (Fsp3) is 0.333. The van der Waals surface area contributed by atoms with E-state index in [1.807, 2.05) is 24.5 Å². The van der Waals surface area contributed by atoms with Gasteiger partial charge in [0.25, 0.3) is 5.79 Å². The Balaban J connectivity index is 1.67. The molecular formula is C24H21F2NO6S. The molecule has 3 aromatic rings. The Kier molecular flexibility index (Phi) is 5.23. The number of carbonyl (C=O) groups is 2. The lowest BCUT2D eigenvalue weighted by Crippen LogP contribution is -2.48. The summed E-state index contributed by atoms with van der Waals surface area (Å²) in [6.45, 7) is 2.94. The minimum Gasteiger partial charge on any atom is -0.422 e. The summed E-state index contributed by atoms with van der Waals surface area (Å²) in [5.74, 6) is -4.74. The molecule has 10 heteroatoms. The number of halogens is 2. The molecule has 3 heterocycles. The number of hydrogen-bond acceptors (Lipinski definition) is 7.